The molecule has 0 aromatic heterocycles. The first-order valence-electron chi connectivity index (χ1n) is 10.6. The molecule has 0 spiro atoms. The third-order valence-corrected chi connectivity index (χ3v) is 9.07. The maximum atomic E-state index is 12.8. The molecule has 2 aromatic rings. The molecule has 0 atom stereocenters. The molecular weight excluding hydrogens is 464 g/mol. The van der Waals surface area contributed by atoms with Crippen molar-refractivity contribution in [1.29, 1.82) is 0 Å². The van der Waals surface area contributed by atoms with Crippen LogP contribution in [0.1, 0.15) is 24.0 Å². The predicted octanol–water partition coefficient (Wildman–Crippen LogP) is 2.56. The number of aryl methyl sites for hydroxylation is 2. The van der Waals surface area contributed by atoms with Gasteiger partial charge in [-0.25, -0.2) is 8.42 Å². The van der Waals surface area contributed by atoms with Crippen LogP contribution in [0.15, 0.2) is 47.4 Å². The number of piperidine rings is 1. The first kappa shape index (κ1) is 25.2. The Morgan fingerprint density at radius 1 is 0.939 bits per heavy atom. The zero-order valence-electron chi connectivity index (χ0n) is 19.2. The summed E-state index contributed by atoms with van der Waals surface area (Å²) in [6, 6.07) is 11.5. The minimum Gasteiger partial charge on any atom is -0.326 e. The van der Waals surface area contributed by atoms with Gasteiger partial charge >= 0.3 is 0 Å². The van der Waals surface area contributed by atoms with Crippen LogP contribution in [-0.2, 0) is 25.0 Å². The van der Waals surface area contributed by atoms with Crippen LogP contribution in [0.2, 0.25) is 0 Å². The highest BCUT2D eigenvalue weighted by Crippen LogP contribution is 2.25. The Balaban J connectivity index is 1.62. The number of hydrogen-bond acceptors (Lipinski definition) is 5. The SMILES string of the molecule is Cc1cccc(C)c1NS(=O)(=O)c1ccc(NC(=O)C2CCN(S(=O)(=O)N(C)C)CC2)cc1. The minimum atomic E-state index is -3.78. The molecular formula is C22H30N4O5S2. The molecule has 1 fully saturated rings. The molecule has 1 amide bonds. The zero-order chi connectivity index (χ0) is 24.4. The average Bonchev–Trinajstić information content (AvgIpc) is 2.77. The predicted molar refractivity (Wildman–Crippen MR) is 129 cm³/mol. The number of carbonyl (C=O) groups is 1. The average molecular weight is 495 g/mol. The molecule has 11 heteroatoms. The number of anilines is 2. The summed E-state index contributed by atoms with van der Waals surface area (Å²) in [7, 11) is -4.30. The second-order valence-corrected chi connectivity index (χ2v) is 12.2. The van der Waals surface area contributed by atoms with Crippen molar-refractivity contribution in [2.24, 2.45) is 5.92 Å². The van der Waals surface area contributed by atoms with E-state index >= 15 is 0 Å². The Bertz CT molecular complexity index is 1200. The van der Waals surface area contributed by atoms with Crippen molar-refractivity contribution in [1.82, 2.24) is 8.61 Å². The normalized spacial score (nSPS) is 16.0. The van der Waals surface area contributed by atoms with E-state index in [0.29, 0.717) is 24.2 Å². The Kier molecular flexibility index (Phi) is 7.47. The summed E-state index contributed by atoms with van der Waals surface area (Å²) >= 11 is 0. The molecule has 0 aliphatic carbocycles. The number of para-hydroxylation sites is 1. The van der Waals surface area contributed by atoms with Crippen molar-refractivity contribution >= 4 is 37.5 Å². The second kappa shape index (κ2) is 9.80. The fourth-order valence-corrected chi connectivity index (χ4v) is 6.05. The molecule has 1 aliphatic heterocycles. The fraction of sp³-hybridized carbons (Fsp3) is 0.409. The lowest BCUT2D eigenvalue weighted by atomic mass is 9.97. The number of amides is 1. The number of benzene rings is 2. The third-order valence-electron chi connectivity index (χ3n) is 5.76. The highest BCUT2D eigenvalue weighted by Gasteiger charge is 2.32. The third kappa shape index (κ3) is 5.72. The van der Waals surface area contributed by atoms with Gasteiger partial charge in [-0.1, -0.05) is 18.2 Å². The van der Waals surface area contributed by atoms with Crippen LogP contribution in [0.4, 0.5) is 11.4 Å². The fourth-order valence-electron chi connectivity index (χ4n) is 3.71. The summed E-state index contributed by atoms with van der Waals surface area (Å²) in [4.78, 5) is 12.7. The van der Waals surface area contributed by atoms with Gasteiger partial charge in [0.05, 0.1) is 10.6 Å². The van der Waals surface area contributed by atoms with E-state index in [1.807, 2.05) is 32.0 Å². The lowest BCUT2D eigenvalue weighted by Gasteiger charge is -2.32. The van der Waals surface area contributed by atoms with Crippen molar-refractivity contribution in [2.45, 2.75) is 31.6 Å². The van der Waals surface area contributed by atoms with E-state index in [1.54, 1.807) is 12.1 Å². The van der Waals surface area contributed by atoms with Crippen molar-refractivity contribution < 1.29 is 21.6 Å². The van der Waals surface area contributed by atoms with Crippen LogP contribution < -0.4 is 10.0 Å². The molecule has 0 saturated carbocycles. The maximum Gasteiger partial charge on any atom is 0.281 e. The van der Waals surface area contributed by atoms with E-state index in [2.05, 4.69) is 10.0 Å². The molecule has 1 saturated heterocycles. The van der Waals surface area contributed by atoms with Gasteiger partial charge in [-0.15, -0.1) is 0 Å². The Hall–Kier alpha value is -2.47. The first-order chi connectivity index (χ1) is 15.4. The largest absolute Gasteiger partial charge is 0.326 e. The highest BCUT2D eigenvalue weighted by molar-refractivity contribution is 7.92. The summed E-state index contributed by atoms with van der Waals surface area (Å²) in [5.41, 5.74) is 2.69. The molecule has 2 aromatic carbocycles. The summed E-state index contributed by atoms with van der Waals surface area (Å²) in [5.74, 6) is -0.520. The van der Waals surface area contributed by atoms with E-state index in [1.165, 1.54) is 30.5 Å². The summed E-state index contributed by atoms with van der Waals surface area (Å²) in [5, 5.41) is 2.80. The van der Waals surface area contributed by atoms with Gasteiger partial charge in [0.25, 0.3) is 20.2 Å². The zero-order valence-corrected chi connectivity index (χ0v) is 20.8. The van der Waals surface area contributed by atoms with Gasteiger partial charge in [0, 0.05) is 38.8 Å². The molecule has 33 heavy (non-hydrogen) atoms. The molecule has 0 radical (unpaired) electrons. The molecule has 1 heterocycles. The molecule has 0 bridgehead atoms. The highest BCUT2D eigenvalue weighted by atomic mass is 32.2. The maximum absolute atomic E-state index is 12.8. The van der Waals surface area contributed by atoms with Gasteiger partial charge in [0.1, 0.15) is 0 Å². The molecule has 9 nitrogen and oxygen atoms in total. The standard InChI is InChI=1S/C22H30N4O5S2/c1-16-6-5-7-17(2)21(16)24-32(28,29)20-10-8-19(9-11-20)23-22(27)18-12-14-26(15-13-18)33(30,31)25(3)4/h5-11,18,24H,12-15H2,1-4H3,(H,23,27). The van der Waals surface area contributed by atoms with Gasteiger partial charge in [-0.3, -0.25) is 9.52 Å². The van der Waals surface area contributed by atoms with Crippen molar-refractivity contribution in [3.05, 3.63) is 53.6 Å². The second-order valence-electron chi connectivity index (χ2n) is 8.35. The quantitative estimate of drug-likeness (QED) is 0.614. The number of carbonyl (C=O) groups excluding carboxylic acids is 1. The Morgan fingerprint density at radius 2 is 1.48 bits per heavy atom. The molecule has 1 aliphatic rings. The van der Waals surface area contributed by atoms with Gasteiger partial charge < -0.3 is 5.32 Å². The van der Waals surface area contributed by atoms with Crippen molar-refractivity contribution in [2.75, 3.05) is 37.2 Å². The lowest BCUT2D eigenvalue weighted by Crippen LogP contribution is -2.46. The van der Waals surface area contributed by atoms with Crippen LogP contribution >= 0.6 is 0 Å². The minimum absolute atomic E-state index is 0.0883. The lowest BCUT2D eigenvalue weighted by molar-refractivity contribution is -0.120. The summed E-state index contributed by atoms with van der Waals surface area (Å²) in [6.07, 6.45) is 0.843. The van der Waals surface area contributed by atoms with E-state index in [9.17, 15) is 21.6 Å². The number of rotatable bonds is 7. The molecule has 180 valence electrons. The van der Waals surface area contributed by atoms with E-state index in [0.717, 1.165) is 15.4 Å². The van der Waals surface area contributed by atoms with Crippen LogP contribution in [0.3, 0.4) is 0 Å². The first-order valence-corrected chi connectivity index (χ1v) is 13.5. The van der Waals surface area contributed by atoms with Gasteiger partial charge in [0.2, 0.25) is 5.91 Å². The van der Waals surface area contributed by atoms with Crippen molar-refractivity contribution in [3.8, 4) is 0 Å². The monoisotopic (exact) mass is 494 g/mol. The van der Waals surface area contributed by atoms with Crippen LogP contribution in [0.5, 0.6) is 0 Å². The van der Waals surface area contributed by atoms with Crippen LogP contribution in [0, 0.1) is 19.8 Å². The van der Waals surface area contributed by atoms with E-state index in [4.69, 9.17) is 0 Å². The van der Waals surface area contributed by atoms with Crippen LogP contribution in [0.25, 0.3) is 0 Å². The van der Waals surface area contributed by atoms with Crippen LogP contribution in [-0.4, -0.2) is 58.5 Å². The summed E-state index contributed by atoms with van der Waals surface area (Å²) in [6.45, 7) is 4.23. The Morgan fingerprint density at radius 3 is 2.00 bits per heavy atom. The summed E-state index contributed by atoms with van der Waals surface area (Å²) < 4.78 is 55.2. The van der Waals surface area contributed by atoms with Gasteiger partial charge in [0.15, 0.2) is 0 Å². The topological polar surface area (TPSA) is 116 Å². The number of sulfonamides is 1. The van der Waals surface area contributed by atoms with Gasteiger partial charge in [-0.05, 0) is 62.1 Å². The van der Waals surface area contributed by atoms with Crippen molar-refractivity contribution in [3.63, 3.8) is 0 Å². The van der Waals surface area contributed by atoms with E-state index < -0.39 is 20.2 Å². The van der Waals surface area contributed by atoms with Gasteiger partial charge in [-0.2, -0.15) is 17.0 Å². The molecule has 3 rings (SSSR count). The smallest absolute Gasteiger partial charge is 0.281 e. The number of nitrogens with zero attached hydrogens (tertiary/aromatic N) is 2. The van der Waals surface area contributed by atoms with E-state index in [-0.39, 0.29) is 29.8 Å². The number of nitrogens with one attached hydrogen (secondary N) is 2. The molecule has 0 unspecified atom stereocenters. The Labute approximate surface area is 196 Å². The number of hydrogen-bond donors (Lipinski definition) is 2. The molecule has 2 N–H and O–H groups in total.